The Labute approximate surface area is 84.4 Å². The quantitative estimate of drug-likeness (QED) is 0.372. The fourth-order valence-electron chi connectivity index (χ4n) is 0.901. The highest BCUT2D eigenvalue weighted by Gasteiger charge is 1.93. The third-order valence-corrected chi connectivity index (χ3v) is 2.51. The van der Waals surface area contributed by atoms with E-state index in [-0.39, 0.29) is 24.0 Å². The molecule has 0 rings (SSSR count). The lowest BCUT2D eigenvalue weighted by Gasteiger charge is -2.00. The molecular formula is C8H20IP. The first-order valence-corrected chi connectivity index (χ1v) is 6.02. The van der Waals surface area contributed by atoms with Crippen LogP contribution in [0.25, 0.3) is 0 Å². The zero-order valence-electron chi connectivity index (χ0n) is 7.36. The summed E-state index contributed by atoms with van der Waals surface area (Å²) in [6, 6.07) is 0. The van der Waals surface area contributed by atoms with E-state index in [1.165, 1.54) is 25.4 Å². The molecule has 0 spiro atoms. The average Bonchev–Trinajstić information content (AvgIpc) is 1.80. The zero-order chi connectivity index (χ0) is 7.11. The van der Waals surface area contributed by atoms with E-state index in [0.29, 0.717) is 0 Å². The Kier molecular flexibility index (Phi) is 13.9. The molecule has 2 heteroatoms. The zero-order valence-corrected chi connectivity index (χ0v) is 10.7. The summed E-state index contributed by atoms with van der Waals surface area (Å²) in [5.41, 5.74) is 0. The van der Waals surface area contributed by atoms with Crippen molar-refractivity contribution in [1.82, 2.24) is 0 Å². The summed E-state index contributed by atoms with van der Waals surface area (Å²) in [6.07, 6.45) is 5.87. The van der Waals surface area contributed by atoms with Gasteiger partial charge < -0.3 is 24.0 Å². The van der Waals surface area contributed by atoms with Crippen LogP contribution in [0.15, 0.2) is 0 Å². The molecule has 0 radical (unpaired) electrons. The van der Waals surface area contributed by atoms with Gasteiger partial charge in [-0.25, -0.2) is 0 Å². The van der Waals surface area contributed by atoms with Crippen LogP contribution in [0.1, 0.15) is 33.1 Å². The lowest BCUT2D eigenvalue weighted by Crippen LogP contribution is -3.00. The third-order valence-electron chi connectivity index (χ3n) is 1.52. The molecule has 0 amide bonds. The minimum absolute atomic E-state index is 0. The Morgan fingerprint density at radius 3 is 2.20 bits per heavy atom. The summed E-state index contributed by atoms with van der Waals surface area (Å²) in [6.45, 7) is 6.95. The van der Waals surface area contributed by atoms with Crippen molar-refractivity contribution >= 4 is 8.58 Å². The molecule has 0 aromatic rings. The number of unbranched alkanes of at least 4 members (excludes halogenated alkanes) is 1. The maximum Gasteiger partial charge on any atom is 0.0546 e. The second-order valence-corrected chi connectivity index (χ2v) is 4.48. The van der Waals surface area contributed by atoms with E-state index in [2.05, 4.69) is 20.5 Å². The maximum atomic E-state index is 2.34. The second kappa shape index (κ2) is 10.2. The fraction of sp³-hybridized carbons (Fsp3) is 1.00. The van der Waals surface area contributed by atoms with E-state index in [4.69, 9.17) is 0 Å². The molecule has 0 nitrogen and oxygen atoms in total. The number of hydrogen-bond acceptors (Lipinski definition) is 0. The molecule has 0 saturated carbocycles. The summed E-state index contributed by atoms with van der Waals surface area (Å²) in [5.74, 6) is 0.914. The molecule has 0 aliphatic carbocycles. The molecule has 0 saturated heterocycles. The highest BCUT2D eigenvalue weighted by atomic mass is 127. The van der Waals surface area contributed by atoms with Crippen LogP contribution in [0.5, 0.6) is 0 Å². The van der Waals surface area contributed by atoms with Gasteiger partial charge in [-0.2, -0.15) is 0 Å². The predicted molar refractivity (Wildman–Crippen MR) is 49.2 cm³/mol. The van der Waals surface area contributed by atoms with Gasteiger partial charge in [0.15, 0.2) is 0 Å². The van der Waals surface area contributed by atoms with E-state index in [1.54, 1.807) is 0 Å². The van der Waals surface area contributed by atoms with Crippen molar-refractivity contribution in [1.29, 1.82) is 0 Å². The summed E-state index contributed by atoms with van der Waals surface area (Å²) in [7, 11) is 0.765. The Morgan fingerprint density at radius 1 is 1.20 bits per heavy atom. The summed E-state index contributed by atoms with van der Waals surface area (Å²) >= 11 is 0. The lowest BCUT2D eigenvalue weighted by atomic mass is 10.1. The van der Waals surface area contributed by atoms with Gasteiger partial charge in [0.2, 0.25) is 0 Å². The molecule has 0 aromatic carbocycles. The van der Waals surface area contributed by atoms with E-state index >= 15 is 0 Å². The van der Waals surface area contributed by atoms with Crippen molar-refractivity contribution in [3.05, 3.63) is 0 Å². The molecule has 0 aliphatic heterocycles. The molecule has 0 bridgehead atoms. The van der Waals surface area contributed by atoms with Crippen molar-refractivity contribution in [2.75, 3.05) is 12.8 Å². The Bertz CT molecular complexity index is 55.2. The molecule has 0 N–H and O–H groups in total. The normalized spacial score (nSPS) is 10.8. The predicted octanol–water partition coefficient (Wildman–Crippen LogP) is -0.143. The minimum atomic E-state index is 0. The van der Waals surface area contributed by atoms with Crippen LogP contribution in [-0.4, -0.2) is 12.8 Å². The van der Waals surface area contributed by atoms with Gasteiger partial charge in [0.05, 0.1) is 6.16 Å². The van der Waals surface area contributed by atoms with Crippen LogP contribution < -0.4 is 24.0 Å². The molecule has 64 valence electrons. The van der Waals surface area contributed by atoms with Gasteiger partial charge in [-0.3, -0.25) is 0 Å². The van der Waals surface area contributed by atoms with Crippen molar-refractivity contribution in [3.63, 3.8) is 0 Å². The SMILES string of the molecule is C[PH2+]CCCCC(C)C.[I-]. The maximum absolute atomic E-state index is 2.34. The van der Waals surface area contributed by atoms with Crippen molar-refractivity contribution < 1.29 is 24.0 Å². The number of rotatable bonds is 5. The third kappa shape index (κ3) is 11.9. The monoisotopic (exact) mass is 274 g/mol. The van der Waals surface area contributed by atoms with Crippen LogP contribution >= 0.6 is 8.58 Å². The molecule has 0 heterocycles. The fourth-order valence-corrected chi connectivity index (χ4v) is 1.60. The van der Waals surface area contributed by atoms with Crippen LogP contribution in [0.3, 0.4) is 0 Å². The molecular weight excluding hydrogens is 254 g/mol. The first-order chi connectivity index (χ1) is 4.27. The standard InChI is InChI=1S/C8H19P.HI/c1-8(2)6-4-5-7-9-3;/h8-9H,4-7H2,1-3H3;1H. The minimum Gasteiger partial charge on any atom is -1.00 e. The molecule has 0 aliphatic rings. The first kappa shape index (κ1) is 13.7. The molecule has 1 unspecified atom stereocenters. The van der Waals surface area contributed by atoms with Crippen LogP contribution in [0.2, 0.25) is 0 Å². The Hall–Kier alpha value is 1.16. The highest BCUT2D eigenvalue weighted by Crippen LogP contribution is 2.11. The second-order valence-electron chi connectivity index (χ2n) is 3.09. The van der Waals surface area contributed by atoms with Crippen molar-refractivity contribution in [2.45, 2.75) is 33.1 Å². The van der Waals surface area contributed by atoms with E-state index in [9.17, 15) is 0 Å². The highest BCUT2D eigenvalue weighted by molar-refractivity contribution is 7.36. The Morgan fingerprint density at radius 2 is 1.80 bits per heavy atom. The van der Waals surface area contributed by atoms with Crippen LogP contribution in [0.4, 0.5) is 0 Å². The number of hydrogen-bond donors (Lipinski definition) is 0. The van der Waals surface area contributed by atoms with Gasteiger partial charge in [-0.1, -0.05) is 20.3 Å². The number of halogens is 1. The summed E-state index contributed by atoms with van der Waals surface area (Å²) in [5, 5.41) is 0. The average molecular weight is 274 g/mol. The smallest absolute Gasteiger partial charge is 0.0546 e. The lowest BCUT2D eigenvalue weighted by molar-refractivity contribution is -0.00000220. The Balaban J connectivity index is 0. The molecule has 10 heavy (non-hydrogen) atoms. The molecule has 0 aromatic heterocycles. The topological polar surface area (TPSA) is 0 Å². The van der Waals surface area contributed by atoms with Crippen molar-refractivity contribution in [3.8, 4) is 0 Å². The van der Waals surface area contributed by atoms with Gasteiger partial charge in [0.25, 0.3) is 0 Å². The summed E-state index contributed by atoms with van der Waals surface area (Å²) in [4.78, 5) is 0. The van der Waals surface area contributed by atoms with Gasteiger partial charge in [-0.05, 0) is 27.3 Å². The van der Waals surface area contributed by atoms with Gasteiger partial charge >= 0.3 is 0 Å². The first-order valence-electron chi connectivity index (χ1n) is 4.05. The summed E-state index contributed by atoms with van der Waals surface area (Å²) < 4.78 is 0. The van der Waals surface area contributed by atoms with Gasteiger partial charge in [0.1, 0.15) is 0 Å². The van der Waals surface area contributed by atoms with Crippen LogP contribution in [-0.2, 0) is 0 Å². The van der Waals surface area contributed by atoms with E-state index in [0.717, 1.165) is 14.5 Å². The van der Waals surface area contributed by atoms with Crippen LogP contribution in [0, 0.1) is 5.92 Å². The van der Waals surface area contributed by atoms with E-state index in [1.807, 2.05) is 0 Å². The largest absolute Gasteiger partial charge is 1.00 e. The van der Waals surface area contributed by atoms with E-state index < -0.39 is 0 Å². The van der Waals surface area contributed by atoms with Crippen molar-refractivity contribution in [2.24, 2.45) is 5.92 Å². The van der Waals surface area contributed by atoms with Gasteiger partial charge in [0, 0.05) is 6.66 Å². The molecule has 0 fully saturated rings. The molecule has 1 atom stereocenters. The van der Waals surface area contributed by atoms with Gasteiger partial charge in [-0.15, -0.1) is 0 Å².